The first-order chi connectivity index (χ1) is 9.06. The van der Waals surface area contributed by atoms with Crippen LogP contribution in [0.15, 0.2) is 23.6 Å². The molecule has 0 amide bonds. The summed E-state index contributed by atoms with van der Waals surface area (Å²) in [5.74, 6) is -0.816. The molecular weight excluding hydrogens is 305 g/mol. The highest BCUT2D eigenvalue weighted by Gasteiger charge is 2.10. The largest absolute Gasteiger partial charge is 0.481 e. The van der Waals surface area contributed by atoms with Gasteiger partial charge in [0, 0.05) is 28.3 Å². The van der Waals surface area contributed by atoms with Crippen LogP contribution >= 0.6 is 34.5 Å². The highest BCUT2D eigenvalue weighted by atomic mass is 35.5. The van der Waals surface area contributed by atoms with E-state index in [9.17, 15) is 4.79 Å². The number of thiazole rings is 1. The van der Waals surface area contributed by atoms with Gasteiger partial charge in [-0.2, -0.15) is 0 Å². The number of hydrogen-bond donors (Lipinski definition) is 1. The average molecular weight is 316 g/mol. The summed E-state index contributed by atoms with van der Waals surface area (Å²) in [6.45, 7) is 0. The van der Waals surface area contributed by atoms with Gasteiger partial charge in [0.2, 0.25) is 0 Å². The fourth-order valence-electron chi connectivity index (χ4n) is 1.63. The van der Waals surface area contributed by atoms with E-state index in [4.69, 9.17) is 28.3 Å². The smallest absolute Gasteiger partial charge is 0.303 e. The van der Waals surface area contributed by atoms with Crippen molar-refractivity contribution in [3.05, 3.63) is 49.9 Å². The lowest BCUT2D eigenvalue weighted by molar-refractivity contribution is -0.136. The molecule has 6 heteroatoms. The predicted octanol–water partition coefficient (Wildman–Crippen LogP) is 4.06. The lowest BCUT2D eigenvalue weighted by Crippen LogP contribution is -1.98. The van der Waals surface area contributed by atoms with Crippen molar-refractivity contribution in [2.75, 3.05) is 0 Å². The van der Waals surface area contributed by atoms with Gasteiger partial charge in [-0.3, -0.25) is 4.79 Å². The zero-order chi connectivity index (χ0) is 13.8. The van der Waals surface area contributed by atoms with E-state index in [-0.39, 0.29) is 6.42 Å². The van der Waals surface area contributed by atoms with Crippen molar-refractivity contribution in [3.8, 4) is 0 Å². The summed E-state index contributed by atoms with van der Waals surface area (Å²) in [5, 5.41) is 12.6. The van der Waals surface area contributed by atoms with Crippen LogP contribution < -0.4 is 0 Å². The molecule has 0 spiro atoms. The number of aliphatic carboxylic acids is 1. The van der Waals surface area contributed by atoms with E-state index in [0.29, 0.717) is 22.9 Å². The number of carbonyl (C=O) groups is 1. The fourth-order valence-corrected chi connectivity index (χ4v) is 3.00. The lowest BCUT2D eigenvalue weighted by atomic mass is 10.1. The Hall–Kier alpha value is -1.10. The molecule has 3 nitrogen and oxygen atoms in total. The summed E-state index contributed by atoms with van der Waals surface area (Å²) in [4.78, 5) is 14.9. The van der Waals surface area contributed by atoms with E-state index < -0.39 is 5.97 Å². The molecule has 2 rings (SSSR count). The van der Waals surface area contributed by atoms with Crippen LogP contribution in [-0.4, -0.2) is 16.1 Å². The summed E-state index contributed by atoms with van der Waals surface area (Å²) >= 11 is 13.7. The molecule has 1 heterocycles. The molecule has 0 saturated carbocycles. The van der Waals surface area contributed by atoms with Gasteiger partial charge in [-0.1, -0.05) is 29.3 Å². The minimum absolute atomic E-state index is 0.0933. The maximum Gasteiger partial charge on any atom is 0.303 e. The first kappa shape index (κ1) is 14.3. The van der Waals surface area contributed by atoms with Gasteiger partial charge in [-0.05, 0) is 17.7 Å². The molecule has 0 atom stereocenters. The third-order valence-corrected chi connectivity index (χ3v) is 4.19. The van der Waals surface area contributed by atoms with Gasteiger partial charge in [0.05, 0.1) is 17.1 Å². The molecule has 1 aromatic carbocycles. The number of halogens is 2. The van der Waals surface area contributed by atoms with Gasteiger partial charge < -0.3 is 5.11 Å². The first-order valence-electron chi connectivity index (χ1n) is 5.64. The highest BCUT2D eigenvalue weighted by molar-refractivity contribution is 7.09. The Kier molecular flexibility index (Phi) is 4.80. The first-order valence-corrected chi connectivity index (χ1v) is 7.28. The topological polar surface area (TPSA) is 50.2 Å². The van der Waals surface area contributed by atoms with Crippen molar-refractivity contribution < 1.29 is 9.90 Å². The van der Waals surface area contributed by atoms with Crippen molar-refractivity contribution in [2.24, 2.45) is 0 Å². The Morgan fingerprint density at radius 1 is 1.32 bits per heavy atom. The van der Waals surface area contributed by atoms with Crippen LogP contribution in [0, 0.1) is 0 Å². The van der Waals surface area contributed by atoms with Crippen LogP contribution in [0.1, 0.15) is 22.7 Å². The zero-order valence-electron chi connectivity index (χ0n) is 9.90. The monoisotopic (exact) mass is 315 g/mol. The Labute approximate surface area is 124 Å². The van der Waals surface area contributed by atoms with Crippen LogP contribution in [0.25, 0.3) is 0 Å². The van der Waals surface area contributed by atoms with Gasteiger partial charge in [0.1, 0.15) is 0 Å². The SMILES string of the molecule is O=C(O)CCc1csc(Cc2c(Cl)cccc2Cl)n1. The molecule has 0 radical (unpaired) electrons. The van der Waals surface area contributed by atoms with E-state index in [1.54, 1.807) is 18.2 Å². The molecule has 100 valence electrons. The van der Waals surface area contributed by atoms with E-state index in [2.05, 4.69) is 4.98 Å². The van der Waals surface area contributed by atoms with Crippen LogP contribution in [-0.2, 0) is 17.6 Å². The number of benzene rings is 1. The standard InChI is InChI=1S/C13H11Cl2NO2S/c14-10-2-1-3-11(15)9(10)6-12-16-8(7-19-12)4-5-13(17)18/h1-3,7H,4-6H2,(H,17,18). The lowest BCUT2D eigenvalue weighted by Gasteiger charge is -2.04. The molecule has 0 aliphatic carbocycles. The van der Waals surface area contributed by atoms with Crippen molar-refractivity contribution in [2.45, 2.75) is 19.3 Å². The Morgan fingerprint density at radius 2 is 2.00 bits per heavy atom. The minimum Gasteiger partial charge on any atom is -0.481 e. The number of hydrogen-bond acceptors (Lipinski definition) is 3. The number of carboxylic acid groups (broad SMARTS) is 1. The minimum atomic E-state index is -0.816. The number of carboxylic acids is 1. The Morgan fingerprint density at radius 3 is 2.63 bits per heavy atom. The summed E-state index contributed by atoms with van der Waals surface area (Å²) in [6, 6.07) is 5.39. The summed E-state index contributed by atoms with van der Waals surface area (Å²) < 4.78 is 0. The van der Waals surface area contributed by atoms with Crippen molar-refractivity contribution >= 4 is 40.5 Å². The maximum atomic E-state index is 10.5. The zero-order valence-corrected chi connectivity index (χ0v) is 12.2. The summed E-state index contributed by atoms with van der Waals surface area (Å²) in [6.07, 6.45) is 1.11. The summed E-state index contributed by atoms with van der Waals surface area (Å²) in [5.41, 5.74) is 1.65. The molecule has 0 aliphatic heterocycles. The van der Waals surface area contributed by atoms with Gasteiger partial charge in [0.15, 0.2) is 0 Å². The van der Waals surface area contributed by atoms with Crippen LogP contribution in [0.2, 0.25) is 10.0 Å². The van der Waals surface area contributed by atoms with Gasteiger partial charge >= 0.3 is 5.97 Å². The molecular formula is C13H11Cl2NO2S. The Balaban J connectivity index is 2.09. The molecule has 19 heavy (non-hydrogen) atoms. The molecule has 2 aromatic rings. The second-order valence-corrected chi connectivity index (χ2v) is 5.76. The summed E-state index contributed by atoms with van der Waals surface area (Å²) in [7, 11) is 0. The average Bonchev–Trinajstić information content (AvgIpc) is 2.79. The molecule has 0 fully saturated rings. The van der Waals surface area contributed by atoms with Crippen LogP contribution in [0.4, 0.5) is 0 Å². The van der Waals surface area contributed by atoms with Crippen molar-refractivity contribution in [1.82, 2.24) is 4.98 Å². The highest BCUT2D eigenvalue weighted by Crippen LogP contribution is 2.27. The predicted molar refractivity (Wildman–Crippen MR) is 77.3 cm³/mol. The van der Waals surface area contributed by atoms with Crippen LogP contribution in [0.5, 0.6) is 0 Å². The van der Waals surface area contributed by atoms with E-state index >= 15 is 0 Å². The molecule has 0 bridgehead atoms. The quantitative estimate of drug-likeness (QED) is 0.905. The Bertz CT molecular complexity index is 578. The fraction of sp³-hybridized carbons (Fsp3) is 0.231. The van der Waals surface area contributed by atoms with E-state index in [1.807, 2.05) is 5.38 Å². The normalized spacial score (nSPS) is 10.6. The van der Waals surface area contributed by atoms with Gasteiger partial charge in [-0.15, -0.1) is 11.3 Å². The second-order valence-electron chi connectivity index (χ2n) is 4.00. The number of aryl methyl sites for hydroxylation is 1. The number of rotatable bonds is 5. The van der Waals surface area contributed by atoms with Crippen LogP contribution in [0.3, 0.4) is 0 Å². The van der Waals surface area contributed by atoms with Crippen molar-refractivity contribution in [1.29, 1.82) is 0 Å². The van der Waals surface area contributed by atoms with E-state index in [0.717, 1.165) is 16.3 Å². The van der Waals surface area contributed by atoms with E-state index in [1.165, 1.54) is 11.3 Å². The van der Waals surface area contributed by atoms with Gasteiger partial charge in [0.25, 0.3) is 0 Å². The second kappa shape index (κ2) is 6.37. The molecule has 0 unspecified atom stereocenters. The van der Waals surface area contributed by atoms with Crippen molar-refractivity contribution in [3.63, 3.8) is 0 Å². The maximum absolute atomic E-state index is 10.5. The third-order valence-electron chi connectivity index (χ3n) is 2.58. The third kappa shape index (κ3) is 3.93. The van der Waals surface area contributed by atoms with Gasteiger partial charge in [-0.25, -0.2) is 4.98 Å². The number of nitrogens with zero attached hydrogens (tertiary/aromatic N) is 1. The molecule has 1 N–H and O–H groups in total. The number of aromatic nitrogens is 1. The molecule has 1 aromatic heterocycles. The molecule has 0 aliphatic rings. The molecule has 0 saturated heterocycles.